The van der Waals surface area contributed by atoms with E-state index in [1.165, 1.54) is 5.56 Å². The molecule has 4 heteroatoms. The molecule has 1 atom stereocenters. The Morgan fingerprint density at radius 1 is 1.54 bits per heavy atom. The molecule has 0 radical (unpaired) electrons. The first-order valence-electron chi connectivity index (χ1n) is 4.32. The van der Waals surface area contributed by atoms with Crippen molar-refractivity contribution in [1.29, 1.82) is 0 Å². The Labute approximate surface area is 91.6 Å². The van der Waals surface area contributed by atoms with E-state index in [9.17, 15) is 0 Å². The second-order valence-electron chi connectivity index (χ2n) is 3.52. The van der Waals surface area contributed by atoms with E-state index in [2.05, 4.69) is 46.0 Å². The van der Waals surface area contributed by atoms with Crippen LogP contribution in [0.1, 0.15) is 31.9 Å². The summed E-state index contributed by atoms with van der Waals surface area (Å²) in [5.74, 6) is 6.16. The van der Waals surface area contributed by atoms with Crippen LogP contribution in [0.25, 0.3) is 0 Å². The van der Waals surface area contributed by atoms with E-state index in [0.29, 0.717) is 5.92 Å². The average molecular weight is 263 g/mol. The van der Waals surface area contributed by atoms with E-state index in [1.807, 2.05) is 0 Å². The molecule has 0 aliphatic rings. The Morgan fingerprint density at radius 3 is 2.62 bits per heavy atom. The van der Waals surface area contributed by atoms with Gasteiger partial charge >= 0.3 is 0 Å². The Bertz CT molecular complexity index is 260. The van der Waals surface area contributed by atoms with Gasteiger partial charge in [-0.15, -0.1) is 0 Å². The third-order valence-corrected chi connectivity index (χ3v) is 3.68. The van der Waals surface area contributed by atoms with Crippen molar-refractivity contribution >= 4 is 27.3 Å². The van der Waals surface area contributed by atoms with E-state index in [1.54, 1.807) is 11.3 Å². The molecule has 1 unspecified atom stereocenters. The summed E-state index contributed by atoms with van der Waals surface area (Å²) in [4.78, 5) is 0. The Kier molecular flexibility index (Phi) is 4.38. The summed E-state index contributed by atoms with van der Waals surface area (Å²) in [6.07, 6.45) is 1.06. The molecule has 0 saturated heterocycles. The molecule has 0 aliphatic carbocycles. The molecule has 0 fully saturated rings. The summed E-state index contributed by atoms with van der Waals surface area (Å²) in [7, 11) is 0. The summed E-state index contributed by atoms with van der Waals surface area (Å²) in [6.45, 7) is 4.40. The van der Waals surface area contributed by atoms with E-state index in [-0.39, 0.29) is 6.04 Å². The summed E-state index contributed by atoms with van der Waals surface area (Å²) in [5.41, 5.74) is 4.12. The highest BCUT2D eigenvalue weighted by molar-refractivity contribution is 9.10. The third-order valence-electron chi connectivity index (χ3n) is 1.93. The highest BCUT2D eigenvalue weighted by Crippen LogP contribution is 2.30. The first kappa shape index (κ1) is 11.2. The van der Waals surface area contributed by atoms with Crippen molar-refractivity contribution < 1.29 is 0 Å². The highest BCUT2D eigenvalue weighted by Gasteiger charge is 2.14. The van der Waals surface area contributed by atoms with Gasteiger partial charge in [0.05, 0.1) is 0 Å². The lowest BCUT2D eigenvalue weighted by Gasteiger charge is -2.17. The fourth-order valence-electron chi connectivity index (χ4n) is 1.30. The van der Waals surface area contributed by atoms with Gasteiger partial charge in [-0.05, 0) is 39.2 Å². The maximum absolute atomic E-state index is 5.51. The number of hydrazine groups is 1. The molecular weight excluding hydrogens is 248 g/mol. The van der Waals surface area contributed by atoms with Crippen LogP contribution in [0.15, 0.2) is 15.2 Å². The van der Waals surface area contributed by atoms with Gasteiger partial charge in [0.15, 0.2) is 0 Å². The zero-order valence-corrected chi connectivity index (χ0v) is 10.3. The molecule has 74 valence electrons. The lowest BCUT2D eigenvalue weighted by atomic mass is 10.00. The number of nitrogens with two attached hydrogens (primary N) is 1. The van der Waals surface area contributed by atoms with Crippen LogP contribution >= 0.6 is 27.3 Å². The summed E-state index contributed by atoms with van der Waals surface area (Å²) < 4.78 is 1.15. The molecule has 2 nitrogen and oxygen atoms in total. The minimum atomic E-state index is 0.264. The van der Waals surface area contributed by atoms with Crippen molar-refractivity contribution in [2.75, 3.05) is 0 Å². The van der Waals surface area contributed by atoms with Gasteiger partial charge in [-0.1, -0.05) is 13.8 Å². The van der Waals surface area contributed by atoms with E-state index in [0.717, 1.165) is 10.9 Å². The number of nitrogens with one attached hydrogen (secondary N) is 1. The van der Waals surface area contributed by atoms with Crippen molar-refractivity contribution in [3.05, 3.63) is 20.8 Å². The molecule has 0 bridgehead atoms. The molecule has 0 saturated carbocycles. The van der Waals surface area contributed by atoms with Crippen molar-refractivity contribution in [3.8, 4) is 0 Å². The second-order valence-corrected chi connectivity index (χ2v) is 5.12. The lowest BCUT2D eigenvalue weighted by molar-refractivity contribution is 0.438. The monoisotopic (exact) mass is 262 g/mol. The van der Waals surface area contributed by atoms with E-state index < -0.39 is 0 Å². The van der Waals surface area contributed by atoms with Crippen molar-refractivity contribution in [1.82, 2.24) is 5.43 Å². The zero-order chi connectivity index (χ0) is 9.84. The van der Waals surface area contributed by atoms with Crippen molar-refractivity contribution in [3.63, 3.8) is 0 Å². The van der Waals surface area contributed by atoms with Crippen LogP contribution in [0.5, 0.6) is 0 Å². The van der Waals surface area contributed by atoms with Crippen LogP contribution in [0.3, 0.4) is 0 Å². The highest BCUT2D eigenvalue weighted by atomic mass is 79.9. The Balaban J connectivity index is 2.72. The molecule has 1 heterocycles. The first-order chi connectivity index (χ1) is 6.15. The predicted molar refractivity (Wildman–Crippen MR) is 61.5 cm³/mol. The number of hydrogen-bond acceptors (Lipinski definition) is 3. The van der Waals surface area contributed by atoms with Crippen molar-refractivity contribution in [2.24, 2.45) is 11.8 Å². The zero-order valence-electron chi connectivity index (χ0n) is 7.88. The summed E-state index contributed by atoms with van der Waals surface area (Å²) >= 11 is 5.21. The number of halogens is 1. The molecule has 0 spiro atoms. The molecule has 0 aliphatic heterocycles. The average Bonchev–Trinajstić information content (AvgIpc) is 2.47. The molecule has 13 heavy (non-hydrogen) atoms. The molecular formula is C9H15BrN2S. The molecule has 1 rings (SSSR count). The molecule has 0 amide bonds. The smallest absolute Gasteiger partial charge is 0.0481 e. The predicted octanol–water partition coefficient (Wildman–Crippen LogP) is 3.06. The minimum Gasteiger partial charge on any atom is -0.271 e. The van der Waals surface area contributed by atoms with Crippen LogP contribution in [0, 0.1) is 5.92 Å². The van der Waals surface area contributed by atoms with Crippen LogP contribution in [-0.2, 0) is 0 Å². The van der Waals surface area contributed by atoms with Crippen LogP contribution in [0.2, 0.25) is 0 Å². The van der Waals surface area contributed by atoms with Crippen LogP contribution < -0.4 is 11.3 Å². The molecule has 1 aromatic heterocycles. The maximum atomic E-state index is 5.51. The van der Waals surface area contributed by atoms with Crippen LogP contribution in [-0.4, -0.2) is 0 Å². The van der Waals surface area contributed by atoms with Gasteiger partial charge < -0.3 is 0 Å². The topological polar surface area (TPSA) is 38.0 Å². The number of rotatable bonds is 4. The van der Waals surface area contributed by atoms with Gasteiger partial charge in [-0.2, -0.15) is 11.3 Å². The Morgan fingerprint density at radius 2 is 2.23 bits per heavy atom. The van der Waals surface area contributed by atoms with Crippen molar-refractivity contribution in [2.45, 2.75) is 26.3 Å². The molecule has 0 aromatic carbocycles. The van der Waals surface area contributed by atoms with Gasteiger partial charge in [0, 0.05) is 15.9 Å². The quantitative estimate of drug-likeness (QED) is 0.647. The SMILES string of the molecule is CC(C)CC(NN)c1cscc1Br. The summed E-state index contributed by atoms with van der Waals surface area (Å²) in [5, 5.41) is 4.22. The largest absolute Gasteiger partial charge is 0.271 e. The Hall–Kier alpha value is 0.100. The molecule has 1 aromatic rings. The maximum Gasteiger partial charge on any atom is 0.0481 e. The first-order valence-corrected chi connectivity index (χ1v) is 6.06. The minimum absolute atomic E-state index is 0.264. The normalized spacial score (nSPS) is 13.6. The summed E-state index contributed by atoms with van der Waals surface area (Å²) in [6, 6.07) is 0.264. The van der Waals surface area contributed by atoms with E-state index >= 15 is 0 Å². The molecule has 3 N–H and O–H groups in total. The lowest BCUT2D eigenvalue weighted by Crippen LogP contribution is -2.28. The van der Waals surface area contributed by atoms with Gasteiger partial charge in [0.1, 0.15) is 0 Å². The van der Waals surface area contributed by atoms with Gasteiger partial charge in [-0.25, -0.2) is 0 Å². The van der Waals surface area contributed by atoms with Gasteiger partial charge in [0.2, 0.25) is 0 Å². The van der Waals surface area contributed by atoms with Gasteiger partial charge in [0.25, 0.3) is 0 Å². The third kappa shape index (κ3) is 3.06. The second kappa shape index (κ2) is 5.10. The number of thiophene rings is 1. The van der Waals surface area contributed by atoms with E-state index in [4.69, 9.17) is 5.84 Å². The fourth-order valence-corrected chi connectivity index (χ4v) is 2.92. The number of hydrogen-bond donors (Lipinski definition) is 2. The standard InChI is InChI=1S/C9H15BrN2S/c1-6(2)3-9(12-11)7-4-13-5-8(7)10/h4-6,9,12H,3,11H2,1-2H3. The van der Waals surface area contributed by atoms with Gasteiger partial charge in [-0.3, -0.25) is 11.3 Å². The van der Waals surface area contributed by atoms with Crippen LogP contribution in [0.4, 0.5) is 0 Å². The fraction of sp³-hybridized carbons (Fsp3) is 0.556.